The summed E-state index contributed by atoms with van der Waals surface area (Å²) in [5.41, 5.74) is -0.220. The van der Waals surface area contributed by atoms with E-state index in [9.17, 15) is 4.79 Å². The Morgan fingerprint density at radius 2 is 2.08 bits per heavy atom. The van der Waals surface area contributed by atoms with Crippen LogP contribution in [0.3, 0.4) is 0 Å². The van der Waals surface area contributed by atoms with Crippen molar-refractivity contribution in [3.8, 4) is 11.5 Å². The third kappa shape index (κ3) is 1.36. The Labute approximate surface area is 152 Å². The van der Waals surface area contributed by atoms with Crippen LogP contribution in [0.4, 0.5) is 0 Å². The molecule has 3 aliphatic carbocycles. The molecule has 136 valence electrons. The van der Waals surface area contributed by atoms with Gasteiger partial charge in [0, 0.05) is 30.4 Å². The molecule has 0 bridgehead atoms. The maximum absolute atomic E-state index is 13.3. The first-order valence-corrected chi connectivity index (χ1v) is 8.88. The lowest BCUT2D eigenvalue weighted by Crippen LogP contribution is -2.51. The van der Waals surface area contributed by atoms with Gasteiger partial charge in [0.05, 0.1) is 12.5 Å². The van der Waals surface area contributed by atoms with E-state index in [1.54, 1.807) is 20.3 Å². The monoisotopic (exact) mass is 354 g/mol. The van der Waals surface area contributed by atoms with Crippen molar-refractivity contribution < 1.29 is 23.7 Å². The molecule has 0 spiro atoms. The summed E-state index contributed by atoms with van der Waals surface area (Å²) in [6.07, 6.45) is 4.10. The Bertz CT molecular complexity index is 873. The molecule has 1 aromatic carbocycles. The molecular formula is C21H22O5. The van der Waals surface area contributed by atoms with Gasteiger partial charge in [-0.1, -0.05) is 19.1 Å². The number of carbonyl (C=O) groups is 1. The number of rotatable bonds is 5. The van der Waals surface area contributed by atoms with E-state index in [1.807, 2.05) is 24.3 Å². The smallest absolute Gasteiger partial charge is 0.231 e. The van der Waals surface area contributed by atoms with Crippen molar-refractivity contribution in [2.75, 3.05) is 21.0 Å². The molecule has 0 saturated heterocycles. The van der Waals surface area contributed by atoms with Gasteiger partial charge in [-0.2, -0.15) is 0 Å². The van der Waals surface area contributed by atoms with Gasteiger partial charge in [-0.3, -0.25) is 4.79 Å². The molecule has 0 N–H and O–H groups in total. The molecule has 0 amide bonds. The third-order valence-corrected chi connectivity index (χ3v) is 7.19. The van der Waals surface area contributed by atoms with Crippen molar-refractivity contribution >= 4 is 5.78 Å². The van der Waals surface area contributed by atoms with Gasteiger partial charge in [0.1, 0.15) is 11.4 Å². The van der Waals surface area contributed by atoms with Crippen molar-refractivity contribution in [3.05, 3.63) is 48.3 Å². The lowest BCUT2D eigenvalue weighted by Gasteiger charge is -2.51. The second kappa shape index (κ2) is 4.71. The zero-order valence-electron chi connectivity index (χ0n) is 15.2. The van der Waals surface area contributed by atoms with E-state index in [0.29, 0.717) is 12.2 Å². The lowest BCUT2D eigenvalue weighted by atomic mass is 9.49. The molecule has 1 aliphatic heterocycles. The molecule has 2 fully saturated rings. The van der Waals surface area contributed by atoms with E-state index >= 15 is 0 Å². The number of allylic oxidation sites excluding steroid dienone is 2. The summed E-state index contributed by atoms with van der Waals surface area (Å²) in [6.45, 7) is 6.35. The average Bonchev–Trinajstić information content (AvgIpc) is 2.93. The van der Waals surface area contributed by atoms with Gasteiger partial charge in [0.25, 0.3) is 0 Å². The highest BCUT2D eigenvalue weighted by atomic mass is 16.7. The first-order chi connectivity index (χ1) is 12.5. The van der Waals surface area contributed by atoms with Gasteiger partial charge in [-0.05, 0) is 24.1 Å². The van der Waals surface area contributed by atoms with Gasteiger partial charge in [-0.25, -0.2) is 0 Å². The summed E-state index contributed by atoms with van der Waals surface area (Å²) < 4.78 is 22.7. The molecular weight excluding hydrogens is 332 g/mol. The van der Waals surface area contributed by atoms with Crippen molar-refractivity contribution in [2.45, 2.75) is 24.9 Å². The molecule has 0 unspecified atom stereocenters. The van der Waals surface area contributed by atoms with Crippen LogP contribution >= 0.6 is 0 Å². The second-order valence-electron chi connectivity index (χ2n) is 7.81. The summed E-state index contributed by atoms with van der Waals surface area (Å²) in [7, 11) is 3.32. The van der Waals surface area contributed by atoms with Crippen LogP contribution < -0.4 is 9.47 Å². The van der Waals surface area contributed by atoms with E-state index in [2.05, 4.69) is 13.5 Å². The van der Waals surface area contributed by atoms with Gasteiger partial charge in [0.15, 0.2) is 17.3 Å². The van der Waals surface area contributed by atoms with E-state index in [-0.39, 0.29) is 29.8 Å². The van der Waals surface area contributed by atoms with Crippen molar-refractivity contribution in [1.29, 1.82) is 0 Å². The molecule has 5 rings (SSSR count). The molecule has 5 nitrogen and oxygen atoms in total. The van der Waals surface area contributed by atoms with E-state index in [1.165, 1.54) is 0 Å². The molecule has 1 aromatic rings. The molecule has 1 heterocycles. The van der Waals surface area contributed by atoms with Gasteiger partial charge < -0.3 is 18.9 Å². The van der Waals surface area contributed by atoms with Crippen LogP contribution in [0.25, 0.3) is 0 Å². The largest absolute Gasteiger partial charge is 0.498 e. The zero-order valence-corrected chi connectivity index (χ0v) is 15.2. The van der Waals surface area contributed by atoms with Crippen LogP contribution in [0.5, 0.6) is 11.5 Å². The minimum absolute atomic E-state index is 0.00356. The number of ketones is 1. The molecule has 26 heavy (non-hydrogen) atoms. The minimum atomic E-state index is -0.556. The summed E-state index contributed by atoms with van der Waals surface area (Å²) in [5.74, 6) is 2.31. The number of carbonyl (C=O) groups excluding carboxylic acids is 1. The zero-order chi connectivity index (χ0) is 18.3. The van der Waals surface area contributed by atoms with Crippen LogP contribution in [-0.2, 0) is 14.3 Å². The van der Waals surface area contributed by atoms with Crippen molar-refractivity contribution in [2.24, 2.45) is 16.7 Å². The summed E-state index contributed by atoms with van der Waals surface area (Å²) in [6, 6.07) is 5.98. The Morgan fingerprint density at radius 1 is 1.31 bits per heavy atom. The molecule has 2 saturated carbocycles. The molecule has 5 heteroatoms. The average molecular weight is 354 g/mol. The standard InChI is InChI=1S/C21H22O5/c1-5-8-20-15(22)10-16(23-3)21(24-4)18(20)19(21,2)17(20)12-6-7-13-14(9-12)26-11-25-13/h5-7,9-10,17-18H,1,8,11H2,2-4H3/t17-,18-,19+,20-,21+/m1/s1. The fourth-order valence-electron chi connectivity index (χ4n) is 6.50. The fourth-order valence-corrected chi connectivity index (χ4v) is 6.50. The van der Waals surface area contributed by atoms with Crippen LogP contribution in [0.15, 0.2) is 42.7 Å². The first-order valence-electron chi connectivity index (χ1n) is 8.88. The van der Waals surface area contributed by atoms with Crippen molar-refractivity contribution in [3.63, 3.8) is 0 Å². The number of methoxy groups -OCH3 is 2. The maximum atomic E-state index is 13.3. The Kier molecular flexibility index (Phi) is 2.89. The van der Waals surface area contributed by atoms with Crippen molar-refractivity contribution in [1.82, 2.24) is 0 Å². The van der Waals surface area contributed by atoms with Gasteiger partial charge in [0.2, 0.25) is 6.79 Å². The van der Waals surface area contributed by atoms with Crippen LogP contribution in [0.2, 0.25) is 0 Å². The Morgan fingerprint density at radius 3 is 2.77 bits per heavy atom. The number of ether oxygens (including phenoxy) is 4. The Hall–Kier alpha value is -2.27. The Balaban J connectivity index is 1.70. The SMILES string of the molecule is C=CC[C@]12C(=O)C=C(OC)[C@]3(OC)[C@@H]1[C@]3(C)[C@H]2c1ccc2c(c1)OCO2. The van der Waals surface area contributed by atoms with E-state index < -0.39 is 11.0 Å². The predicted octanol–water partition coefficient (Wildman–Crippen LogP) is 3.21. The topological polar surface area (TPSA) is 54.0 Å². The van der Waals surface area contributed by atoms with Crippen LogP contribution in [-0.4, -0.2) is 32.4 Å². The van der Waals surface area contributed by atoms with Gasteiger partial charge >= 0.3 is 0 Å². The van der Waals surface area contributed by atoms with Gasteiger partial charge in [-0.15, -0.1) is 6.58 Å². The number of benzene rings is 1. The maximum Gasteiger partial charge on any atom is 0.231 e. The minimum Gasteiger partial charge on any atom is -0.498 e. The predicted molar refractivity (Wildman–Crippen MR) is 94.0 cm³/mol. The lowest BCUT2D eigenvalue weighted by molar-refractivity contribution is -0.135. The van der Waals surface area contributed by atoms with E-state index in [0.717, 1.165) is 17.1 Å². The number of hydrogen-bond acceptors (Lipinski definition) is 5. The number of hydrogen-bond donors (Lipinski definition) is 0. The highest BCUT2D eigenvalue weighted by Crippen LogP contribution is 2.92. The van der Waals surface area contributed by atoms with E-state index in [4.69, 9.17) is 18.9 Å². The summed E-state index contributed by atoms with van der Waals surface area (Å²) in [4.78, 5) is 13.3. The number of fused-ring (bicyclic) bond motifs is 2. The molecule has 0 radical (unpaired) electrons. The van der Waals surface area contributed by atoms with Crippen LogP contribution in [0, 0.1) is 16.7 Å². The molecule has 4 aliphatic rings. The molecule has 5 atom stereocenters. The van der Waals surface area contributed by atoms with Crippen LogP contribution in [0.1, 0.15) is 24.8 Å². The quantitative estimate of drug-likeness (QED) is 0.760. The normalized spacial score (nSPS) is 41.0. The highest BCUT2D eigenvalue weighted by Gasteiger charge is 2.97. The summed E-state index contributed by atoms with van der Waals surface area (Å²) >= 11 is 0. The second-order valence-corrected chi connectivity index (χ2v) is 7.81. The first kappa shape index (κ1) is 15.9. The third-order valence-electron chi connectivity index (χ3n) is 7.19. The fraction of sp³-hybridized carbons (Fsp3) is 0.476. The highest BCUT2D eigenvalue weighted by molar-refractivity contribution is 6.02. The summed E-state index contributed by atoms with van der Waals surface area (Å²) in [5, 5.41) is 0. The molecule has 0 aromatic heterocycles.